The number of phenols is 2. The average molecular weight is 436 g/mol. The Labute approximate surface area is 189 Å². The number of carbonyl (C=O) groups excluding carboxylic acids is 2. The maximum absolute atomic E-state index is 13.5. The minimum Gasteiger partial charge on any atom is -0.508 e. The van der Waals surface area contributed by atoms with Crippen LogP contribution in [0.3, 0.4) is 0 Å². The number of fused-ring (bicyclic) bond motifs is 2. The first-order chi connectivity index (χ1) is 15.9. The highest BCUT2D eigenvalue weighted by atomic mass is 16.3. The number of carbonyl (C=O) groups is 2. The highest BCUT2D eigenvalue weighted by Gasteiger charge is 2.34. The van der Waals surface area contributed by atoms with Crippen LogP contribution in [-0.4, -0.2) is 21.8 Å². The van der Waals surface area contributed by atoms with E-state index in [2.05, 4.69) is 5.32 Å². The number of anilines is 3. The summed E-state index contributed by atoms with van der Waals surface area (Å²) in [4.78, 5) is 26.9. The van der Waals surface area contributed by atoms with Crippen molar-refractivity contribution in [1.29, 1.82) is 0 Å². The quantitative estimate of drug-likeness (QED) is 0.301. The zero-order valence-electron chi connectivity index (χ0n) is 17.5. The topological polar surface area (TPSA) is 113 Å². The van der Waals surface area contributed by atoms with Crippen molar-refractivity contribution in [2.75, 3.05) is 11.1 Å². The summed E-state index contributed by atoms with van der Waals surface area (Å²) in [7, 11) is 0. The van der Waals surface area contributed by atoms with Crippen LogP contribution in [0, 0.1) is 0 Å². The molecular formula is C27H20N2O4. The van der Waals surface area contributed by atoms with E-state index in [4.69, 9.17) is 5.73 Å². The van der Waals surface area contributed by atoms with Crippen molar-refractivity contribution < 1.29 is 19.8 Å². The predicted octanol–water partition coefficient (Wildman–Crippen LogP) is 4.79. The SMILES string of the molecule is Nc1c(Cc2ccc(O)cc2O)cc(Nc2ccccc2)c2c1C(=O)c1ccccc1C2=O. The lowest BCUT2D eigenvalue weighted by Crippen LogP contribution is -2.24. The fourth-order valence-electron chi connectivity index (χ4n) is 4.20. The number of benzene rings is 4. The van der Waals surface area contributed by atoms with Gasteiger partial charge in [-0.25, -0.2) is 0 Å². The van der Waals surface area contributed by atoms with E-state index in [1.807, 2.05) is 30.3 Å². The molecule has 0 aromatic heterocycles. The molecule has 0 unspecified atom stereocenters. The molecule has 0 spiro atoms. The van der Waals surface area contributed by atoms with Crippen LogP contribution < -0.4 is 11.1 Å². The van der Waals surface area contributed by atoms with Gasteiger partial charge in [-0.3, -0.25) is 9.59 Å². The molecule has 33 heavy (non-hydrogen) atoms. The number of para-hydroxylation sites is 1. The van der Waals surface area contributed by atoms with E-state index in [0.717, 1.165) is 5.69 Å². The molecule has 5 N–H and O–H groups in total. The van der Waals surface area contributed by atoms with E-state index in [9.17, 15) is 19.8 Å². The van der Waals surface area contributed by atoms with Gasteiger partial charge >= 0.3 is 0 Å². The maximum atomic E-state index is 13.5. The fraction of sp³-hybridized carbons (Fsp3) is 0.0370. The van der Waals surface area contributed by atoms with Crippen LogP contribution in [0.1, 0.15) is 43.0 Å². The lowest BCUT2D eigenvalue weighted by molar-refractivity contribution is 0.0980. The van der Waals surface area contributed by atoms with E-state index < -0.39 is 0 Å². The fourth-order valence-corrected chi connectivity index (χ4v) is 4.20. The first-order valence-electron chi connectivity index (χ1n) is 10.4. The summed E-state index contributed by atoms with van der Waals surface area (Å²) in [5.74, 6) is -0.731. The Morgan fingerprint density at radius 2 is 1.36 bits per heavy atom. The standard InChI is InChI=1S/C27H20N2O4/c28-25-16(12-15-10-11-18(30)14-22(15)31)13-21(29-17-6-2-1-3-7-17)23-24(25)27(33)20-9-5-4-8-19(20)26(23)32/h1-11,13-14,29-31H,12,28H2. The van der Waals surface area contributed by atoms with E-state index in [0.29, 0.717) is 27.9 Å². The molecule has 162 valence electrons. The molecule has 4 aromatic carbocycles. The number of nitrogens with two attached hydrogens (primary N) is 1. The number of rotatable bonds is 4. The number of aromatic hydroxyl groups is 2. The van der Waals surface area contributed by atoms with Gasteiger partial charge in [0.05, 0.1) is 16.8 Å². The summed E-state index contributed by atoms with van der Waals surface area (Å²) < 4.78 is 0. The Kier molecular flexibility index (Phi) is 4.83. The molecule has 0 aliphatic heterocycles. The van der Waals surface area contributed by atoms with E-state index in [1.165, 1.54) is 12.1 Å². The Hall–Kier alpha value is -4.58. The smallest absolute Gasteiger partial charge is 0.196 e. The summed E-state index contributed by atoms with van der Waals surface area (Å²) in [5.41, 5.74) is 10.0. The number of hydrogen-bond acceptors (Lipinski definition) is 6. The molecule has 0 atom stereocenters. The lowest BCUT2D eigenvalue weighted by Gasteiger charge is -2.24. The Morgan fingerprint density at radius 3 is 2.03 bits per heavy atom. The average Bonchev–Trinajstić information content (AvgIpc) is 2.81. The summed E-state index contributed by atoms with van der Waals surface area (Å²) >= 11 is 0. The number of phenolic OH excluding ortho intramolecular Hbond substituents is 2. The monoisotopic (exact) mass is 436 g/mol. The van der Waals surface area contributed by atoms with Gasteiger partial charge in [-0.05, 0) is 35.4 Å². The van der Waals surface area contributed by atoms with Crippen molar-refractivity contribution in [3.8, 4) is 11.5 Å². The summed E-state index contributed by atoms with van der Waals surface area (Å²) in [6.45, 7) is 0. The number of hydrogen-bond donors (Lipinski definition) is 4. The molecule has 6 heteroatoms. The van der Waals surface area contributed by atoms with Gasteiger partial charge < -0.3 is 21.3 Å². The highest BCUT2D eigenvalue weighted by Crippen LogP contribution is 2.40. The van der Waals surface area contributed by atoms with Gasteiger partial charge in [0, 0.05) is 35.0 Å². The normalized spacial score (nSPS) is 12.2. The Balaban J connectivity index is 1.71. The second-order valence-electron chi connectivity index (χ2n) is 7.93. The minimum absolute atomic E-state index is 0.0570. The zero-order valence-corrected chi connectivity index (χ0v) is 17.5. The molecule has 0 fully saturated rings. The summed E-state index contributed by atoms with van der Waals surface area (Å²) in [6, 6.07) is 22.1. The van der Waals surface area contributed by atoms with Crippen molar-refractivity contribution in [1.82, 2.24) is 0 Å². The molecule has 0 amide bonds. The number of ketones is 2. The van der Waals surface area contributed by atoms with Crippen LogP contribution in [0.4, 0.5) is 17.1 Å². The first-order valence-corrected chi connectivity index (χ1v) is 10.4. The molecule has 0 saturated carbocycles. The summed E-state index contributed by atoms with van der Waals surface area (Å²) in [6.07, 6.45) is 0.206. The van der Waals surface area contributed by atoms with Crippen LogP contribution in [0.5, 0.6) is 11.5 Å². The number of nitrogen functional groups attached to an aromatic ring is 1. The zero-order chi connectivity index (χ0) is 23.1. The largest absolute Gasteiger partial charge is 0.508 e. The molecular weight excluding hydrogens is 416 g/mol. The molecule has 6 nitrogen and oxygen atoms in total. The van der Waals surface area contributed by atoms with Gasteiger partial charge in [0.25, 0.3) is 0 Å². The van der Waals surface area contributed by atoms with Crippen molar-refractivity contribution >= 4 is 28.6 Å². The van der Waals surface area contributed by atoms with Gasteiger partial charge in [0.1, 0.15) is 11.5 Å². The van der Waals surface area contributed by atoms with Crippen molar-refractivity contribution in [2.45, 2.75) is 6.42 Å². The van der Waals surface area contributed by atoms with Crippen LogP contribution in [0.25, 0.3) is 0 Å². The summed E-state index contributed by atoms with van der Waals surface area (Å²) in [5, 5.41) is 23.1. The molecule has 0 heterocycles. The predicted molar refractivity (Wildman–Crippen MR) is 126 cm³/mol. The molecule has 5 rings (SSSR count). The van der Waals surface area contributed by atoms with Crippen LogP contribution in [0.2, 0.25) is 0 Å². The molecule has 4 aromatic rings. The van der Waals surface area contributed by atoms with Crippen molar-refractivity contribution in [3.63, 3.8) is 0 Å². The second-order valence-corrected chi connectivity index (χ2v) is 7.93. The maximum Gasteiger partial charge on any atom is 0.196 e. The van der Waals surface area contributed by atoms with Gasteiger partial charge in [-0.1, -0.05) is 48.5 Å². The van der Waals surface area contributed by atoms with Crippen LogP contribution in [0.15, 0.2) is 78.9 Å². The van der Waals surface area contributed by atoms with E-state index in [-0.39, 0.29) is 46.3 Å². The van der Waals surface area contributed by atoms with E-state index in [1.54, 1.807) is 36.4 Å². The van der Waals surface area contributed by atoms with Crippen LogP contribution in [-0.2, 0) is 6.42 Å². The van der Waals surface area contributed by atoms with E-state index >= 15 is 0 Å². The van der Waals surface area contributed by atoms with Gasteiger partial charge in [0.2, 0.25) is 0 Å². The Morgan fingerprint density at radius 1 is 0.727 bits per heavy atom. The van der Waals surface area contributed by atoms with Gasteiger partial charge in [-0.2, -0.15) is 0 Å². The molecule has 1 aliphatic carbocycles. The third-order valence-electron chi connectivity index (χ3n) is 5.83. The second kappa shape index (κ2) is 7.84. The molecule has 1 aliphatic rings. The number of nitrogens with one attached hydrogen (secondary N) is 1. The minimum atomic E-state index is -0.314. The van der Waals surface area contributed by atoms with Gasteiger partial charge in [0.15, 0.2) is 11.6 Å². The van der Waals surface area contributed by atoms with Crippen LogP contribution >= 0.6 is 0 Å². The van der Waals surface area contributed by atoms with Crippen molar-refractivity contribution in [2.24, 2.45) is 0 Å². The van der Waals surface area contributed by atoms with Gasteiger partial charge in [-0.15, -0.1) is 0 Å². The Bertz CT molecular complexity index is 1430. The molecule has 0 radical (unpaired) electrons. The van der Waals surface area contributed by atoms with Crippen molar-refractivity contribution in [3.05, 3.63) is 112 Å². The third-order valence-corrected chi connectivity index (χ3v) is 5.83. The third kappa shape index (κ3) is 3.47. The lowest BCUT2D eigenvalue weighted by atomic mass is 9.80. The molecule has 0 bridgehead atoms. The highest BCUT2D eigenvalue weighted by molar-refractivity contribution is 6.32. The first kappa shape index (κ1) is 20.3. The molecule has 0 saturated heterocycles.